The fraction of sp³-hybridized carbons (Fsp3) is 0.429. The van der Waals surface area contributed by atoms with E-state index >= 15 is 0 Å². The number of anilines is 1. The van der Waals surface area contributed by atoms with Crippen molar-refractivity contribution in [3.05, 3.63) is 53.1 Å². The molecule has 0 aliphatic carbocycles. The molecular formula is C21H29N2O2+. The molecular weight excluding hydrogens is 312 g/mol. The van der Waals surface area contributed by atoms with E-state index in [-0.39, 0.29) is 0 Å². The zero-order chi connectivity index (χ0) is 17.8. The highest BCUT2D eigenvalue weighted by molar-refractivity contribution is 5.56. The number of hydrogen-bond acceptors (Lipinski definition) is 3. The van der Waals surface area contributed by atoms with Gasteiger partial charge in [0.25, 0.3) is 0 Å². The maximum atomic E-state index is 5.42. The summed E-state index contributed by atoms with van der Waals surface area (Å²) in [5, 5.41) is 0. The van der Waals surface area contributed by atoms with Crippen molar-refractivity contribution in [3.63, 3.8) is 0 Å². The van der Waals surface area contributed by atoms with E-state index < -0.39 is 0 Å². The maximum absolute atomic E-state index is 5.42. The van der Waals surface area contributed by atoms with Gasteiger partial charge in [0.15, 0.2) is 11.5 Å². The third kappa shape index (κ3) is 3.90. The molecule has 3 rings (SSSR count). The van der Waals surface area contributed by atoms with E-state index in [1.54, 1.807) is 19.1 Å². The van der Waals surface area contributed by atoms with Crippen LogP contribution in [-0.4, -0.2) is 40.4 Å². The number of hydrogen-bond donors (Lipinski definition) is 1. The van der Waals surface area contributed by atoms with Crippen LogP contribution >= 0.6 is 0 Å². The van der Waals surface area contributed by atoms with E-state index in [0.717, 1.165) is 44.2 Å². The summed E-state index contributed by atoms with van der Waals surface area (Å²) in [4.78, 5) is 4.15. The van der Waals surface area contributed by atoms with Gasteiger partial charge in [0.05, 0.1) is 40.4 Å². The molecule has 1 aliphatic heterocycles. The van der Waals surface area contributed by atoms with E-state index in [1.165, 1.54) is 22.4 Å². The maximum Gasteiger partial charge on any atom is 0.161 e. The Kier molecular flexibility index (Phi) is 5.49. The highest BCUT2D eigenvalue weighted by Crippen LogP contribution is 2.27. The molecule has 2 aromatic carbocycles. The molecule has 0 atom stereocenters. The van der Waals surface area contributed by atoms with Crippen molar-refractivity contribution in [3.8, 4) is 11.5 Å². The summed E-state index contributed by atoms with van der Waals surface area (Å²) in [5.41, 5.74) is 5.47. The fourth-order valence-corrected chi connectivity index (χ4v) is 3.60. The second-order valence-electron chi connectivity index (χ2n) is 6.82. The standard InChI is InChI=1S/C21H28N2O2/c1-16-6-5-7-19(17(16)2)23-12-10-22(11-13-23)15-18-8-9-20(24-3)21(14-18)25-4/h5-9,14H,10-13,15H2,1-4H3/p+1. The first kappa shape index (κ1) is 17.6. The van der Waals surface area contributed by atoms with Crippen LogP contribution in [0.25, 0.3) is 0 Å². The molecule has 4 heteroatoms. The number of ether oxygens (including phenoxy) is 2. The van der Waals surface area contributed by atoms with Crippen LogP contribution < -0.4 is 19.3 Å². The number of aryl methyl sites for hydroxylation is 1. The number of methoxy groups -OCH3 is 2. The van der Waals surface area contributed by atoms with Gasteiger partial charge in [-0.05, 0) is 49.2 Å². The highest BCUT2D eigenvalue weighted by Gasteiger charge is 2.22. The van der Waals surface area contributed by atoms with Gasteiger partial charge in [0, 0.05) is 11.3 Å². The second-order valence-corrected chi connectivity index (χ2v) is 6.82. The Balaban J connectivity index is 1.62. The second kappa shape index (κ2) is 7.79. The Labute approximate surface area is 151 Å². The molecule has 0 radical (unpaired) electrons. The van der Waals surface area contributed by atoms with Gasteiger partial charge in [0.1, 0.15) is 6.54 Å². The molecule has 0 unspecified atom stereocenters. The largest absolute Gasteiger partial charge is 0.493 e. The minimum Gasteiger partial charge on any atom is -0.493 e. The van der Waals surface area contributed by atoms with E-state index in [1.807, 2.05) is 6.07 Å². The number of quaternary nitrogens is 1. The average Bonchev–Trinajstić information content (AvgIpc) is 2.64. The topological polar surface area (TPSA) is 26.1 Å². The van der Waals surface area contributed by atoms with Crippen molar-refractivity contribution in [2.45, 2.75) is 20.4 Å². The minimum absolute atomic E-state index is 0.793. The van der Waals surface area contributed by atoms with Crippen molar-refractivity contribution < 1.29 is 14.4 Å². The number of rotatable bonds is 5. The molecule has 1 fully saturated rings. The Hall–Kier alpha value is -2.20. The molecule has 0 spiro atoms. The van der Waals surface area contributed by atoms with Crippen molar-refractivity contribution in [2.75, 3.05) is 45.3 Å². The predicted molar refractivity (Wildman–Crippen MR) is 102 cm³/mol. The molecule has 0 amide bonds. The molecule has 134 valence electrons. The van der Waals surface area contributed by atoms with Crippen LogP contribution in [-0.2, 0) is 6.54 Å². The van der Waals surface area contributed by atoms with Gasteiger partial charge in [-0.15, -0.1) is 0 Å². The molecule has 0 bridgehead atoms. The van der Waals surface area contributed by atoms with Crippen LogP contribution in [0.4, 0.5) is 5.69 Å². The van der Waals surface area contributed by atoms with Gasteiger partial charge < -0.3 is 19.3 Å². The first-order valence-electron chi connectivity index (χ1n) is 8.98. The SMILES string of the molecule is COc1ccc(C[NH+]2CCN(c3cccc(C)c3C)CC2)cc1OC. The molecule has 2 aromatic rings. The summed E-state index contributed by atoms with van der Waals surface area (Å²) in [6.45, 7) is 9.97. The third-order valence-electron chi connectivity index (χ3n) is 5.29. The first-order valence-corrected chi connectivity index (χ1v) is 8.98. The Morgan fingerprint density at radius 1 is 0.960 bits per heavy atom. The summed E-state index contributed by atoms with van der Waals surface area (Å²) in [7, 11) is 3.37. The van der Waals surface area contributed by atoms with Crippen LogP contribution in [0.1, 0.15) is 16.7 Å². The van der Waals surface area contributed by atoms with Crippen LogP contribution in [0.2, 0.25) is 0 Å². The zero-order valence-corrected chi connectivity index (χ0v) is 15.8. The lowest BCUT2D eigenvalue weighted by Gasteiger charge is -2.34. The van der Waals surface area contributed by atoms with E-state index in [0.29, 0.717) is 0 Å². The average molecular weight is 341 g/mol. The lowest BCUT2D eigenvalue weighted by Crippen LogP contribution is -3.13. The first-order chi connectivity index (χ1) is 12.1. The van der Waals surface area contributed by atoms with Gasteiger partial charge in [-0.1, -0.05) is 12.1 Å². The van der Waals surface area contributed by atoms with Gasteiger partial charge >= 0.3 is 0 Å². The van der Waals surface area contributed by atoms with Gasteiger partial charge in [-0.25, -0.2) is 0 Å². The number of nitrogens with one attached hydrogen (secondary N) is 1. The Morgan fingerprint density at radius 2 is 1.68 bits per heavy atom. The van der Waals surface area contributed by atoms with Crippen LogP contribution in [0, 0.1) is 13.8 Å². The van der Waals surface area contributed by atoms with Gasteiger partial charge in [-0.3, -0.25) is 0 Å². The van der Waals surface area contributed by atoms with E-state index in [9.17, 15) is 0 Å². The smallest absolute Gasteiger partial charge is 0.161 e. The monoisotopic (exact) mass is 341 g/mol. The number of piperazine rings is 1. The van der Waals surface area contributed by atoms with Crippen molar-refractivity contribution in [1.82, 2.24) is 0 Å². The zero-order valence-electron chi connectivity index (χ0n) is 15.8. The van der Waals surface area contributed by atoms with Crippen molar-refractivity contribution >= 4 is 5.69 Å². The molecule has 0 aromatic heterocycles. The van der Waals surface area contributed by atoms with Crippen molar-refractivity contribution in [2.24, 2.45) is 0 Å². The molecule has 1 aliphatic rings. The molecule has 1 saturated heterocycles. The van der Waals surface area contributed by atoms with Gasteiger partial charge in [0.2, 0.25) is 0 Å². The Bertz CT molecular complexity index is 722. The van der Waals surface area contributed by atoms with Crippen LogP contribution in [0.5, 0.6) is 11.5 Å². The third-order valence-corrected chi connectivity index (χ3v) is 5.29. The normalized spacial score (nSPS) is 15.3. The Morgan fingerprint density at radius 3 is 2.36 bits per heavy atom. The number of benzene rings is 2. The molecule has 25 heavy (non-hydrogen) atoms. The minimum atomic E-state index is 0.793. The van der Waals surface area contributed by atoms with Crippen molar-refractivity contribution in [1.29, 1.82) is 0 Å². The summed E-state index contributed by atoms with van der Waals surface area (Å²) in [5.74, 6) is 1.61. The predicted octanol–water partition coefficient (Wildman–Crippen LogP) is 2.23. The molecule has 0 saturated carbocycles. The van der Waals surface area contributed by atoms with Crippen LogP contribution in [0.15, 0.2) is 36.4 Å². The van der Waals surface area contributed by atoms with Crippen LogP contribution in [0.3, 0.4) is 0 Å². The summed E-state index contributed by atoms with van der Waals surface area (Å²) < 4.78 is 10.7. The number of nitrogens with zero attached hydrogens (tertiary/aromatic N) is 1. The van der Waals surface area contributed by atoms with E-state index in [4.69, 9.17) is 9.47 Å². The highest BCUT2D eigenvalue weighted by atomic mass is 16.5. The fourth-order valence-electron chi connectivity index (χ4n) is 3.60. The lowest BCUT2D eigenvalue weighted by atomic mass is 10.1. The summed E-state index contributed by atoms with van der Waals surface area (Å²) >= 11 is 0. The quantitative estimate of drug-likeness (QED) is 0.903. The summed E-state index contributed by atoms with van der Waals surface area (Å²) in [6, 6.07) is 12.9. The molecule has 1 N–H and O–H groups in total. The lowest BCUT2D eigenvalue weighted by molar-refractivity contribution is -0.914. The molecule has 4 nitrogen and oxygen atoms in total. The van der Waals surface area contributed by atoms with Gasteiger partial charge in [-0.2, -0.15) is 0 Å². The van der Waals surface area contributed by atoms with E-state index in [2.05, 4.69) is 49.1 Å². The molecule has 1 heterocycles. The summed E-state index contributed by atoms with van der Waals surface area (Å²) in [6.07, 6.45) is 0.